The highest BCUT2D eigenvalue weighted by Gasteiger charge is 2.17. The van der Waals surface area contributed by atoms with Gasteiger partial charge in [-0.3, -0.25) is 10.2 Å². The van der Waals surface area contributed by atoms with Gasteiger partial charge in [0.25, 0.3) is 17.6 Å². The first-order chi connectivity index (χ1) is 13.5. The number of hydrogen-bond acceptors (Lipinski definition) is 9. The molecular weight excluding hydrogens is 397 g/mol. The quantitative estimate of drug-likeness (QED) is 0.241. The third-order valence-electron chi connectivity index (χ3n) is 3.28. The topological polar surface area (TPSA) is 168 Å². The van der Waals surface area contributed by atoms with E-state index < -0.39 is 11.7 Å². The van der Waals surface area contributed by atoms with Crippen LogP contribution in [0.2, 0.25) is 5.02 Å². The zero-order chi connectivity index (χ0) is 19.9. The lowest BCUT2D eigenvalue weighted by Gasteiger charge is -2.08. The Hall–Kier alpha value is -3.61. The second kappa shape index (κ2) is 8.85. The molecule has 2 aromatic heterocycles. The first-order valence-corrected chi connectivity index (χ1v) is 8.20. The highest BCUT2D eigenvalue weighted by atomic mass is 35.5. The van der Waals surface area contributed by atoms with Crippen LogP contribution in [0.3, 0.4) is 0 Å². The van der Waals surface area contributed by atoms with E-state index >= 15 is 0 Å². The smallest absolute Gasteiger partial charge is 0.292 e. The molecule has 3 rings (SSSR count). The van der Waals surface area contributed by atoms with E-state index in [0.717, 1.165) is 0 Å². The predicted molar refractivity (Wildman–Crippen MR) is 92.8 cm³/mol. The molecule has 0 aliphatic rings. The van der Waals surface area contributed by atoms with Crippen molar-refractivity contribution < 1.29 is 18.6 Å². The standard InChI is InChI=1S/C14H13ClFN9O3/c15-8-6-7(2-3-9(8)16)19-11(17)10-14(23-28-22-10)27-5-1-4-18-13(26)12-20-24-25-21-12/h2-3,6H,1,4-5H2,(H2,17,19)(H,18,26)(H,20,21,24,25). The van der Waals surface area contributed by atoms with Crippen molar-refractivity contribution in [2.75, 3.05) is 18.5 Å². The Morgan fingerprint density at radius 3 is 3.00 bits per heavy atom. The summed E-state index contributed by atoms with van der Waals surface area (Å²) in [6, 6.07) is 3.90. The number of amides is 1. The summed E-state index contributed by atoms with van der Waals surface area (Å²) in [6.45, 7) is 0.459. The number of halogens is 2. The second-order valence-corrected chi connectivity index (χ2v) is 5.65. The summed E-state index contributed by atoms with van der Waals surface area (Å²) < 4.78 is 23.2. The van der Waals surface area contributed by atoms with Crippen LogP contribution in [0, 0.1) is 11.2 Å². The lowest BCUT2D eigenvalue weighted by molar-refractivity contribution is 0.0941. The van der Waals surface area contributed by atoms with Crippen molar-refractivity contribution in [3.8, 4) is 5.88 Å². The maximum atomic E-state index is 13.2. The van der Waals surface area contributed by atoms with Gasteiger partial charge in [0.1, 0.15) is 5.82 Å². The molecule has 0 saturated carbocycles. The number of aromatic nitrogens is 6. The summed E-state index contributed by atoms with van der Waals surface area (Å²) in [5, 5.41) is 33.0. The van der Waals surface area contributed by atoms with Gasteiger partial charge >= 0.3 is 0 Å². The number of benzene rings is 1. The maximum Gasteiger partial charge on any atom is 0.292 e. The van der Waals surface area contributed by atoms with Gasteiger partial charge in [0, 0.05) is 12.2 Å². The SMILES string of the molecule is N=C(Nc1ccc(F)c(Cl)c1)c1nonc1OCCCNC(=O)c1nn[nH]n1. The van der Waals surface area contributed by atoms with E-state index in [0.29, 0.717) is 12.1 Å². The second-order valence-electron chi connectivity index (χ2n) is 5.24. The largest absolute Gasteiger partial charge is 0.474 e. The summed E-state index contributed by atoms with van der Waals surface area (Å²) in [6.07, 6.45) is 0.435. The Bertz CT molecular complexity index is 963. The molecule has 0 aliphatic carbocycles. The zero-order valence-electron chi connectivity index (χ0n) is 14.1. The highest BCUT2D eigenvalue weighted by molar-refractivity contribution is 6.31. The van der Waals surface area contributed by atoms with Gasteiger partial charge in [0.15, 0.2) is 5.84 Å². The minimum Gasteiger partial charge on any atom is -0.474 e. The number of tetrazole rings is 1. The van der Waals surface area contributed by atoms with Crippen molar-refractivity contribution in [2.45, 2.75) is 6.42 Å². The van der Waals surface area contributed by atoms with Crippen LogP contribution >= 0.6 is 11.6 Å². The van der Waals surface area contributed by atoms with Crippen LogP contribution in [0.15, 0.2) is 22.8 Å². The van der Waals surface area contributed by atoms with E-state index in [1.165, 1.54) is 18.2 Å². The fourth-order valence-corrected chi connectivity index (χ4v) is 2.17. The molecule has 0 bridgehead atoms. The Balaban J connectivity index is 1.47. The molecule has 0 saturated heterocycles. The number of nitrogens with one attached hydrogen (secondary N) is 4. The Kier molecular flexibility index (Phi) is 6.06. The number of amidine groups is 1. The minimum absolute atomic E-state index is 0.00444. The van der Waals surface area contributed by atoms with Crippen molar-refractivity contribution in [2.24, 2.45) is 0 Å². The van der Waals surface area contributed by atoms with Gasteiger partial charge in [-0.2, -0.15) is 5.21 Å². The summed E-state index contributed by atoms with van der Waals surface area (Å²) in [4.78, 5) is 11.6. The molecule has 0 radical (unpaired) electrons. The zero-order valence-corrected chi connectivity index (χ0v) is 14.8. The van der Waals surface area contributed by atoms with E-state index in [9.17, 15) is 9.18 Å². The van der Waals surface area contributed by atoms with Crippen LogP contribution in [-0.4, -0.2) is 55.8 Å². The number of rotatable bonds is 8. The molecule has 4 N–H and O–H groups in total. The molecule has 3 aromatic rings. The number of carbonyl (C=O) groups excluding carboxylic acids is 1. The number of H-pyrrole nitrogens is 1. The molecule has 146 valence electrons. The van der Waals surface area contributed by atoms with Gasteiger partial charge in [-0.1, -0.05) is 11.6 Å². The summed E-state index contributed by atoms with van der Waals surface area (Å²) in [7, 11) is 0. The van der Waals surface area contributed by atoms with Crippen molar-refractivity contribution in [3.05, 3.63) is 40.6 Å². The maximum absolute atomic E-state index is 13.2. The lowest BCUT2D eigenvalue weighted by Crippen LogP contribution is -2.26. The average molecular weight is 410 g/mol. The number of anilines is 1. The minimum atomic E-state index is -0.572. The van der Waals surface area contributed by atoms with Gasteiger partial charge in [0.05, 0.1) is 11.6 Å². The third kappa shape index (κ3) is 4.76. The normalized spacial score (nSPS) is 10.5. The van der Waals surface area contributed by atoms with Gasteiger partial charge in [0.2, 0.25) is 5.69 Å². The molecular formula is C14H13ClFN9O3. The van der Waals surface area contributed by atoms with Crippen LogP contribution in [0.5, 0.6) is 5.88 Å². The number of nitrogens with zero attached hydrogens (tertiary/aromatic N) is 5. The Morgan fingerprint density at radius 1 is 1.39 bits per heavy atom. The van der Waals surface area contributed by atoms with E-state index in [1.807, 2.05) is 0 Å². The molecule has 1 aromatic carbocycles. The molecule has 0 fully saturated rings. The van der Waals surface area contributed by atoms with Gasteiger partial charge < -0.3 is 15.4 Å². The van der Waals surface area contributed by atoms with Gasteiger partial charge in [-0.15, -0.1) is 10.2 Å². The number of hydrogen-bond donors (Lipinski definition) is 4. The molecule has 0 aliphatic heterocycles. The molecule has 28 heavy (non-hydrogen) atoms. The predicted octanol–water partition coefficient (Wildman–Crippen LogP) is 1.01. The van der Waals surface area contributed by atoms with Crippen molar-refractivity contribution in [3.63, 3.8) is 0 Å². The molecule has 12 nitrogen and oxygen atoms in total. The Morgan fingerprint density at radius 2 is 2.25 bits per heavy atom. The van der Waals surface area contributed by atoms with Crippen LogP contribution in [-0.2, 0) is 0 Å². The summed E-state index contributed by atoms with van der Waals surface area (Å²) in [5.74, 6) is -1.29. The first-order valence-electron chi connectivity index (χ1n) is 7.82. The van der Waals surface area contributed by atoms with Crippen molar-refractivity contribution in [1.82, 2.24) is 36.3 Å². The third-order valence-corrected chi connectivity index (χ3v) is 3.57. The fraction of sp³-hybridized carbons (Fsp3) is 0.214. The molecule has 14 heteroatoms. The molecule has 2 heterocycles. The van der Waals surface area contributed by atoms with E-state index in [1.54, 1.807) is 0 Å². The number of aromatic amines is 1. The fourth-order valence-electron chi connectivity index (χ4n) is 1.99. The van der Waals surface area contributed by atoms with Gasteiger partial charge in [-0.25, -0.2) is 9.02 Å². The highest BCUT2D eigenvalue weighted by Crippen LogP contribution is 2.21. The first kappa shape index (κ1) is 19.2. The summed E-state index contributed by atoms with van der Waals surface area (Å²) >= 11 is 5.71. The average Bonchev–Trinajstić information content (AvgIpc) is 3.36. The van der Waals surface area contributed by atoms with Crippen LogP contribution in [0.25, 0.3) is 0 Å². The van der Waals surface area contributed by atoms with Crippen LogP contribution in [0.4, 0.5) is 10.1 Å². The van der Waals surface area contributed by atoms with Crippen LogP contribution in [0.1, 0.15) is 22.7 Å². The summed E-state index contributed by atoms with van der Waals surface area (Å²) in [5.41, 5.74) is 0.408. The molecule has 0 atom stereocenters. The number of ether oxygens (including phenoxy) is 1. The van der Waals surface area contributed by atoms with Crippen molar-refractivity contribution in [1.29, 1.82) is 5.41 Å². The Labute approximate surface area is 161 Å². The lowest BCUT2D eigenvalue weighted by atomic mass is 10.3. The van der Waals surface area contributed by atoms with Gasteiger partial charge in [-0.05, 0) is 40.1 Å². The number of carbonyl (C=O) groups is 1. The van der Waals surface area contributed by atoms with E-state index in [2.05, 4.69) is 46.2 Å². The van der Waals surface area contributed by atoms with E-state index in [4.69, 9.17) is 21.7 Å². The monoisotopic (exact) mass is 409 g/mol. The molecule has 0 spiro atoms. The van der Waals surface area contributed by atoms with E-state index in [-0.39, 0.29) is 41.4 Å². The molecule has 0 unspecified atom stereocenters. The van der Waals surface area contributed by atoms with Crippen molar-refractivity contribution >= 4 is 29.0 Å². The molecule has 1 amide bonds. The van der Waals surface area contributed by atoms with Crippen LogP contribution < -0.4 is 15.4 Å².